The number of carbonyl (C=O) groups is 1. The molecular formula is C14H19Cl2IN2O. The van der Waals surface area contributed by atoms with E-state index in [-0.39, 0.29) is 18.3 Å². The number of hydrogen-bond acceptors (Lipinski definition) is 2. The fourth-order valence-electron chi connectivity index (χ4n) is 2.30. The number of piperidine rings is 1. The number of benzene rings is 1. The lowest BCUT2D eigenvalue weighted by molar-refractivity contribution is 0.0950. The fraction of sp³-hybridized carbons (Fsp3) is 0.500. The highest BCUT2D eigenvalue weighted by atomic mass is 127. The van der Waals surface area contributed by atoms with Gasteiger partial charge in [-0.15, -0.1) is 12.4 Å². The van der Waals surface area contributed by atoms with E-state index in [0.29, 0.717) is 16.5 Å². The van der Waals surface area contributed by atoms with Gasteiger partial charge in [0.05, 0.1) is 5.02 Å². The predicted molar refractivity (Wildman–Crippen MR) is 94.0 cm³/mol. The Balaban J connectivity index is 0.00000200. The molecule has 0 spiro atoms. The van der Waals surface area contributed by atoms with Gasteiger partial charge in [0.25, 0.3) is 5.91 Å². The molecule has 0 aromatic heterocycles. The first-order valence-electron chi connectivity index (χ1n) is 6.61. The quantitative estimate of drug-likeness (QED) is 0.720. The summed E-state index contributed by atoms with van der Waals surface area (Å²) in [7, 11) is 0. The lowest BCUT2D eigenvalue weighted by Crippen LogP contribution is -2.33. The number of halogens is 3. The molecule has 1 fully saturated rings. The summed E-state index contributed by atoms with van der Waals surface area (Å²) >= 11 is 8.08. The molecule has 2 rings (SSSR count). The molecular weight excluding hydrogens is 410 g/mol. The normalized spacial score (nSPS) is 18.2. The first kappa shape index (κ1) is 18.0. The molecule has 20 heavy (non-hydrogen) atoms. The summed E-state index contributed by atoms with van der Waals surface area (Å²) in [4.78, 5) is 12.0. The van der Waals surface area contributed by atoms with Crippen LogP contribution in [-0.4, -0.2) is 25.5 Å². The van der Waals surface area contributed by atoms with Crippen LogP contribution in [0.3, 0.4) is 0 Å². The molecule has 3 nitrogen and oxygen atoms in total. The molecule has 0 radical (unpaired) electrons. The van der Waals surface area contributed by atoms with Crippen molar-refractivity contribution in [1.29, 1.82) is 0 Å². The second-order valence-corrected chi connectivity index (χ2v) is 6.46. The van der Waals surface area contributed by atoms with Gasteiger partial charge in [-0.2, -0.15) is 0 Å². The lowest BCUT2D eigenvalue weighted by Gasteiger charge is -2.22. The van der Waals surface area contributed by atoms with Crippen LogP contribution in [0, 0.1) is 9.49 Å². The topological polar surface area (TPSA) is 41.1 Å². The Morgan fingerprint density at radius 2 is 2.30 bits per heavy atom. The van der Waals surface area contributed by atoms with Crippen LogP contribution >= 0.6 is 46.6 Å². The minimum atomic E-state index is -0.0154. The van der Waals surface area contributed by atoms with Crippen molar-refractivity contribution in [3.8, 4) is 0 Å². The Morgan fingerprint density at radius 1 is 1.50 bits per heavy atom. The minimum absolute atomic E-state index is 0. The Hall–Kier alpha value is -0.0400. The van der Waals surface area contributed by atoms with E-state index in [1.165, 1.54) is 12.8 Å². The van der Waals surface area contributed by atoms with Crippen molar-refractivity contribution in [3.63, 3.8) is 0 Å². The highest BCUT2D eigenvalue weighted by Gasteiger charge is 2.13. The van der Waals surface area contributed by atoms with Crippen molar-refractivity contribution in [1.82, 2.24) is 10.6 Å². The summed E-state index contributed by atoms with van der Waals surface area (Å²) in [5.74, 6) is 0.678. The van der Waals surface area contributed by atoms with Gasteiger partial charge < -0.3 is 10.6 Å². The smallest absolute Gasteiger partial charge is 0.251 e. The molecule has 0 bridgehead atoms. The third-order valence-electron chi connectivity index (χ3n) is 3.42. The van der Waals surface area contributed by atoms with Crippen molar-refractivity contribution in [2.75, 3.05) is 19.6 Å². The summed E-state index contributed by atoms with van der Waals surface area (Å²) < 4.78 is 0.906. The number of hydrogen-bond donors (Lipinski definition) is 2. The summed E-state index contributed by atoms with van der Waals surface area (Å²) in [5.41, 5.74) is 0.676. The molecule has 0 aliphatic carbocycles. The fourth-order valence-corrected chi connectivity index (χ4v) is 2.93. The van der Waals surface area contributed by atoms with Gasteiger partial charge in [0.15, 0.2) is 0 Å². The highest BCUT2D eigenvalue weighted by molar-refractivity contribution is 14.1. The number of carbonyl (C=O) groups excluding carboxylic acids is 1. The van der Waals surface area contributed by atoms with E-state index in [2.05, 4.69) is 33.2 Å². The zero-order valence-corrected chi connectivity index (χ0v) is 14.9. The summed E-state index contributed by atoms with van der Waals surface area (Å²) in [6.45, 7) is 2.95. The van der Waals surface area contributed by atoms with Crippen LogP contribution in [0.4, 0.5) is 0 Å². The van der Waals surface area contributed by atoms with Gasteiger partial charge in [-0.05, 0) is 79.1 Å². The van der Waals surface area contributed by atoms with Crippen LogP contribution in [-0.2, 0) is 0 Å². The van der Waals surface area contributed by atoms with Gasteiger partial charge >= 0.3 is 0 Å². The van der Waals surface area contributed by atoms with Crippen LogP contribution in [0.2, 0.25) is 5.02 Å². The Bertz CT molecular complexity index is 451. The van der Waals surface area contributed by atoms with Gasteiger partial charge in [-0.1, -0.05) is 11.6 Å². The van der Waals surface area contributed by atoms with E-state index in [1.807, 2.05) is 6.07 Å². The molecule has 1 atom stereocenters. The summed E-state index contributed by atoms with van der Waals surface area (Å²) in [6, 6.07) is 5.35. The van der Waals surface area contributed by atoms with E-state index in [0.717, 1.165) is 29.6 Å². The molecule has 1 heterocycles. The van der Waals surface area contributed by atoms with Crippen molar-refractivity contribution in [3.05, 3.63) is 32.4 Å². The van der Waals surface area contributed by atoms with Gasteiger partial charge in [0.1, 0.15) is 0 Å². The van der Waals surface area contributed by atoms with E-state index < -0.39 is 0 Å². The highest BCUT2D eigenvalue weighted by Crippen LogP contribution is 2.19. The maximum absolute atomic E-state index is 12.0. The second kappa shape index (κ2) is 9.07. The van der Waals surface area contributed by atoms with Gasteiger partial charge in [-0.25, -0.2) is 0 Å². The number of amides is 1. The van der Waals surface area contributed by atoms with Crippen molar-refractivity contribution < 1.29 is 4.79 Å². The van der Waals surface area contributed by atoms with Crippen molar-refractivity contribution in [2.45, 2.75) is 19.3 Å². The number of rotatable bonds is 4. The van der Waals surface area contributed by atoms with E-state index >= 15 is 0 Å². The standard InChI is InChI=1S/C14H18ClIN2O.ClH/c15-12-4-3-11(8-13(12)16)14(19)18-7-5-10-2-1-6-17-9-10;/h3-4,8,10,17H,1-2,5-7,9H2,(H,18,19);1H. The second-order valence-electron chi connectivity index (χ2n) is 4.89. The molecule has 1 aromatic rings. The zero-order valence-electron chi connectivity index (χ0n) is 11.1. The number of nitrogens with one attached hydrogen (secondary N) is 2. The Kier molecular flexibility index (Phi) is 8.17. The Morgan fingerprint density at radius 3 is 2.95 bits per heavy atom. The predicted octanol–water partition coefficient (Wildman–Crippen LogP) is 3.49. The molecule has 1 unspecified atom stereocenters. The first-order valence-corrected chi connectivity index (χ1v) is 8.06. The van der Waals surface area contributed by atoms with Gasteiger partial charge in [0.2, 0.25) is 0 Å². The molecule has 1 amide bonds. The van der Waals surface area contributed by atoms with E-state index in [9.17, 15) is 4.79 Å². The van der Waals surface area contributed by atoms with Crippen LogP contribution < -0.4 is 10.6 Å². The molecule has 0 saturated carbocycles. The van der Waals surface area contributed by atoms with Crippen molar-refractivity contribution in [2.24, 2.45) is 5.92 Å². The third kappa shape index (κ3) is 5.39. The average Bonchev–Trinajstić information content (AvgIpc) is 2.43. The van der Waals surface area contributed by atoms with Gasteiger partial charge in [-0.3, -0.25) is 4.79 Å². The van der Waals surface area contributed by atoms with Gasteiger partial charge in [0, 0.05) is 15.7 Å². The third-order valence-corrected chi connectivity index (χ3v) is 4.96. The largest absolute Gasteiger partial charge is 0.352 e. The van der Waals surface area contributed by atoms with Crippen LogP contribution in [0.5, 0.6) is 0 Å². The molecule has 1 aliphatic heterocycles. The van der Waals surface area contributed by atoms with E-state index in [1.54, 1.807) is 12.1 Å². The molecule has 1 aliphatic rings. The van der Waals surface area contributed by atoms with Crippen LogP contribution in [0.25, 0.3) is 0 Å². The zero-order chi connectivity index (χ0) is 13.7. The average molecular weight is 429 g/mol. The first-order chi connectivity index (χ1) is 9.16. The lowest BCUT2D eigenvalue weighted by atomic mass is 9.96. The molecule has 1 saturated heterocycles. The molecule has 2 N–H and O–H groups in total. The Labute approximate surface area is 144 Å². The monoisotopic (exact) mass is 428 g/mol. The minimum Gasteiger partial charge on any atom is -0.352 e. The van der Waals surface area contributed by atoms with Crippen LogP contribution in [0.15, 0.2) is 18.2 Å². The SMILES string of the molecule is Cl.O=C(NCCC1CCCNC1)c1ccc(Cl)c(I)c1. The van der Waals surface area contributed by atoms with E-state index in [4.69, 9.17) is 11.6 Å². The summed E-state index contributed by atoms with van der Waals surface area (Å²) in [6.07, 6.45) is 3.55. The maximum atomic E-state index is 12.0. The molecule has 1 aromatic carbocycles. The van der Waals surface area contributed by atoms with Crippen molar-refractivity contribution >= 4 is 52.5 Å². The molecule has 6 heteroatoms. The van der Waals surface area contributed by atoms with Crippen LogP contribution in [0.1, 0.15) is 29.6 Å². The summed E-state index contributed by atoms with van der Waals surface area (Å²) in [5, 5.41) is 7.06. The maximum Gasteiger partial charge on any atom is 0.251 e. The molecule has 112 valence electrons.